The lowest BCUT2D eigenvalue weighted by molar-refractivity contribution is 0.623. The molecule has 0 saturated carbocycles. The van der Waals surface area contributed by atoms with Gasteiger partial charge in [0.15, 0.2) is 0 Å². The maximum Gasteiger partial charge on any atom is 0.102 e. The van der Waals surface area contributed by atoms with Crippen LogP contribution in [0.5, 0.6) is 0 Å². The molecule has 0 bridgehead atoms. The van der Waals surface area contributed by atoms with E-state index in [1.54, 1.807) is 5.20 Å². The van der Waals surface area contributed by atoms with E-state index in [1.165, 1.54) is 44.6 Å². The Morgan fingerprint density at radius 2 is 1.73 bits per heavy atom. The van der Waals surface area contributed by atoms with Gasteiger partial charge in [0.2, 0.25) is 0 Å². The van der Waals surface area contributed by atoms with Crippen molar-refractivity contribution >= 4 is 8.07 Å². The summed E-state index contributed by atoms with van der Waals surface area (Å²) in [6.07, 6.45) is 13.2. The van der Waals surface area contributed by atoms with Crippen LogP contribution in [-0.4, -0.2) is 8.07 Å². The minimum atomic E-state index is -1.08. The lowest BCUT2D eigenvalue weighted by Crippen LogP contribution is -2.27. The van der Waals surface area contributed by atoms with E-state index in [0.717, 1.165) is 0 Å². The van der Waals surface area contributed by atoms with Gasteiger partial charge in [-0.2, -0.15) is 0 Å². The number of allylic oxidation sites excluding steroid dienone is 3. The molecular formula is C14H26Si. The first-order valence-electron chi connectivity index (χ1n) is 6.55. The van der Waals surface area contributed by atoms with E-state index < -0.39 is 8.07 Å². The fourth-order valence-electron chi connectivity index (χ4n) is 2.28. The molecule has 1 heterocycles. The molecule has 0 aromatic heterocycles. The zero-order valence-electron chi connectivity index (χ0n) is 10.7. The Balaban J connectivity index is 2.10. The predicted molar refractivity (Wildman–Crippen MR) is 72.7 cm³/mol. The van der Waals surface area contributed by atoms with E-state index in [2.05, 4.69) is 38.2 Å². The summed E-state index contributed by atoms with van der Waals surface area (Å²) in [6, 6.07) is 1.47. The molecule has 0 radical (unpaired) electrons. The number of rotatable bonds is 7. The lowest BCUT2D eigenvalue weighted by Gasteiger charge is -2.21. The first-order valence-corrected chi connectivity index (χ1v) is 9.34. The van der Waals surface area contributed by atoms with Gasteiger partial charge in [-0.25, -0.2) is 0 Å². The van der Waals surface area contributed by atoms with Crippen molar-refractivity contribution in [3.8, 4) is 0 Å². The van der Waals surface area contributed by atoms with Crippen LogP contribution < -0.4 is 0 Å². The molecule has 0 aliphatic carbocycles. The van der Waals surface area contributed by atoms with Crippen molar-refractivity contribution in [3.63, 3.8) is 0 Å². The number of unbranched alkanes of at least 4 members (excludes halogenated alkanes) is 5. The summed E-state index contributed by atoms with van der Waals surface area (Å²) < 4.78 is 0. The van der Waals surface area contributed by atoms with Crippen LogP contribution in [0.2, 0.25) is 12.6 Å². The van der Waals surface area contributed by atoms with Gasteiger partial charge in [-0.3, -0.25) is 0 Å². The van der Waals surface area contributed by atoms with E-state index in [4.69, 9.17) is 0 Å². The molecule has 1 rings (SSSR count). The quantitative estimate of drug-likeness (QED) is 0.419. The molecule has 15 heavy (non-hydrogen) atoms. The van der Waals surface area contributed by atoms with Crippen molar-refractivity contribution in [2.75, 3.05) is 0 Å². The molecule has 0 nitrogen and oxygen atoms in total. The first-order chi connectivity index (χ1) is 7.19. The first kappa shape index (κ1) is 12.8. The fraction of sp³-hybridized carbons (Fsp3) is 0.714. The van der Waals surface area contributed by atoms with Crippen LogP contribution in [0.25, 0.3) is 0 Å². The van der Waals surface area contributed by atoms with Crippen molar-refractivity contribution in [3.05, 3.63) is 23.0 Å². The minimum Gasteiger partial charge on any atom is -0.0904 e. The summed E-state index contributed by atoms with van der Waals surface area (Å²) in [7, 11) is -1.08. The molecule has 0 aromatic carbocycles. The second-order valence-electron chi connectivity index (χ2n) is 5.14. The van der Waals surface area contributed by atoms with Crippen LogP contribution in [0.15, 0.2) is 23.0 Å². The number of hydrogen-bond acceptors (Lipinski definition) is 0. The highest BCUT2D eigenvalue weighted by Gasteiger charge is 2.27. The van der Waals surface area contributed by atoms with Crippen molar-refractivity contribution in [2.24, 2.45) is 0 Å². The Bertz CT molecular complexity index is 240. The van der Waals surface area contributed by atoms with E-state index in [0.29, 0.717) is 0 Å². The summed E-state index contributed by atoms with van der Waals surface area (Å²) in [5.41, 5.74) is 2.51. The molecule has 1 aliphatic heterocycles. The topological polar surface area (TPSA) is 0 Å². The Hall–Kier alpha value is -0.303. The molecule has 1 aliphatic rings. The second kappa shape index (κ2) is 6.32. The molecule has 0 N–H and O–H groups in total. The average Bonchev–Trinajstić information content (AvgIpc) is 2.54. The summed E-state index contributed by atoms with van der Waals surface area (Å²) in [6.45, 7) is 7.11. The van der Waals surface area contributed by atoms with Gasteiger partial charge in [-0.05, 0) is 6.92 Å². The van der Waals surface area contributed by atoms with E-state index in [9.17, 15) is 0 Å². The SMILES string of the molecule is CCCCCCCC[Si]1(C)C=CC=C1C. The van der Waals surface area contributed by atoms with Crippen molar-refractivity contribution < 1.29 is 0 Å². The standard InChI is InChI=1S/C14H26Si/c1-4-5-6-7-8-9-12-15(3)13-10-11-14(15)2/h10-11,13H,4-9,12H2,1-3H3. The fourth-order valence-corrected chi connectivity index (χ4v) is 5.09. The van der Waals surface area contributed by atoms with Crippen molar-refractivity contribution in [1.82, 2.24) is 0 Å². The smallest absolute Gasteiger partial charge is 0.0904 e. The van der Waals surface area contributed by atoms with E-state index in [-0.39, 0.29) is 0 Å². The summed E-state index contributed by atoms with van der Waals surface area (Å²) >= 11 is 0. The Labute approximate surface area is 96.5 Å². The predicted octanol–water partition coefficient (Wildman–Crippen LogP) is 5.02. The van der Waals surface area contributed by atoms with Crippen LogP contribution in [0.3, 0.4) is 0 Å². The van der Waals surface area contributed by atoms with E-state index >= 15 is 0 Å². The minimum absolute atomic E-state index is 1.08. The maximum absolute atomic E-state index is 2.51. The van der Waals surface area contributed by atoms with Gasteiger partial charge in [0, 0.05) is 0 Å². The molecule has 1 unspecified atom stereocenters. The molecule has 0 amide bonds. The third-order valence-corrected chi connectivity index (χ3v) is 8.05. The van der Waals surface area contributed by atoms with Gasteiger partial charge < -0.3 is 0 Å². The molecule has 0 spiro atoms. The largest absolute Gasteiger partial charge is 0.102 e. The molecule has 0 fully saturated rings. The van der Waals surface area contributed by atoms with Crippen LogP contribution >= 0.6 is 0 Å². The highest BCUT2D eigenvalue weighted by molar-refractivity contribution is 6.90. The van der Waals surface area contributed by atoms with Gasteiger partial charge in [0.25, 0.3) is 0 Å². The van der Waals surface area contributed by atoms with Crippen molar-refractivity contribution in [2.45, 2.75) is 65.0 Å². The number of hydrogen-bond donors (Lipinski definition) is 0. The summed E-state index contributed by atoms with van der Waals surface area (Å²) in [5, 5.41) is 1.68. The van der Waals surface area contributed by atoms with Crippen molar-refractivity contribution in [1.29, 1.82) is 0 Å². The van der Waals surface area contributed by atoms with Crippen LogP contribution in [-0.2, 0) is 0 Å². The Morgan fingerprint density at radius 3 is 2.33 bits per heavy atom. The molecule has 0 saturated heterocycles. The molecule has 0 aromatic rings. The Morgan fingerprint density at radius 1 is 1.07 bits per heavy atom. The Kier molecular flexibility index (Phi) is 5.38. The zero-order chi connectivity index (χ0) is 11.1. The third-order valence-electron chi connectivity index (χ3n) is 3.76. The van der Waals surface area contributed by atoms with Gasteiger partial charge in [0.05, 0.1) is 0 Å². The normalized spacial score (nSPS) is 24.6. The van der Waals surface area contributed by atoms with Gasteiger partial charge >= 0.3 is 0 Å². The molecular weight excluding hydrogens is 196 g/mol. The monoisotopic (exact) mass is 222 g/mol. The molecule has 86 valence electrons. The van der Waals surface area contributed by atoms with Gasteiger partial charge in [-0.1, -0.05) is 81.1 Å². The van der Waals surface area contributed by atoms with Gasteiger partial charge in [-0.15, -0.1) is 0 Å². The molecule has 1 atom stereocenters. The summed E-state index contributed by atoms with van der Waals surface area (Å²) in [4.78, 5) is 0. The second-order valence-corrected chi connectivity index (χ2v) is 9.60. The third kappa shape index (κ3) is 3.98. The lowest BCUT2D eigenvalue weighted by atomic mass is 10.1. The highest BCUT2D eigenvalue weighted by atomic mass is 28.3. The van der Waals surface area contributed by atoms with Crippen LogP contribution in [0.1, 0.15) is 52.4 Å². The summed E-state index contributed by atoms with van der Waals surface area (Å²) in [5.74, 6) is 0. The average molecular weight is 222 g/mol. The van der Waals surface area contributed by atoms with E-state index in [1.807, 2.05) is 0 Å². The maximum atomic E-state index is 2.51. The molecule has 1 heteroatoms. The van der Waals surface area contributed by atoms with Crippen LogP contribution in [0, 0.1) is 0 Å². The highest BCUT2D eigenvalue weighted by Crippen LogP contribution is 2.28. The van der Waals surface area contributed by atoms with Crippen LogP contribution in [0.4, 0.5) is 0 Å². The van der Waals surface area contributed by atoms with Gasteiger partial charge in [0.1, 0.15) is 8.07 Å². The zero-order valence-corrected chi connectivity index (χ0v) is 11.7.